The van der Waals surface area contributed by atoms with Crippen molar-refractivity contribution in [3.8, 4) is 11.5 Å². The maximum absolute atomic E-state index is 12.6. The Hall–Kier alpha value is -3.54. The predicted molar refractivity (Wildman–Crippen MR) is 114 cm³/mol. The molecule has 150 valence electrons. The number of methoxy groups -OCH3 is 2. The first kappa shape index (κ1) is 20.2. The molecule has 0 aliphatic carbocycles. The minimum atomic E-state index is -0.245. The number of aromatic nitrogens is 1. The predicted octanol–water partition coefficient (Wildman–Crippen LogP) is 4.39. The van der Waals surface area contributed by atoms with E-state index >= 15 is 0 Å². The number of hydrogen-bond acceptors (Lipinski definition) is 5. The van der Waals surface area contributed by atoms with Crippen LogP contribution in [0.15, 0.2) is 54.7 Å². The molecule has 1 heterocycles. The number of anilines is 2. The van der Waals surface area contributed by atoms with Crippen LogP contribution in [-0.2, 0) is 6.54 Å². The molecule has 2 N–H and O–H groups in total. The maximum atomic E-state index is 12.6. The highest BCUT2D eigenvalue weighted by Crippen LogP contribution is 2.27. The van der Waals surface area contributed by atoms with Crippen molar-refractivity contribution in [2.45, 2.75) is 20.4 Å². The lowest BCUT2D eigenvalue weighted by atomic mass is 10.1. The van der Waals surface area contributed by atoms with Gasteiger partial charge in [-0.3, -0.25) is 9.78 Å². The van der Waals surface area contributed by atoms with Gasteiger partial charge in [0.05, 0.1) is 14.2 Å². The van der Waals surface area contributed by atoms with Gasteiger partial charge in [0, 0.05) is 24.1 Å². The van der Waals surface area contributed by atoms with E-state index in [9.17, 15) is 4.79 Å². The van der Waals surface area contributed by atoms with Crippen LogP contribution >= 0.6 is 0 Å². The molecule has 3 aromatic rings. The number of aryl methyl sites for hydroxylation is 2. The van der Waals surface area contributed by atoms with E-state index in [1.807, 2.05) is 56.3 Å². The molecule has 0 fully saturated rings. The fourth-order valence-corrected chi connectivity index (χ4v) is 3.05. The van der Waals surface area contributed by atoms with E-state index < -0.39 is 0 Å². The summed E-state index contributed by atoms with van der Waals surface area (Å²) in [6.45, 7) is 4.45. The molecular weight excluding hydrogens is 366 g/mol. The van der Waals surface area contributed by atoms with Crippen molar-refractivity contribution in [3.05, 3.63) is 77.1 Å². The molecule has 0 unspecified atom stereocenters. The minimum Gasteiger partial charge on any atom is -0.493 e. The van der Waals surface area contributed by atoms with Crippen molar-refractivity contribution in [1.82, 2.24) is 10.3 Å². The van der Waals surface area contributed by atoms with Gasteiger partial charge in [-0.25, -0.2) is 0 Å². The number of nitrogens with zero attached hydrogens (tertiary/aromatic N) is 1. The van der Waals surface area contributed by atoms with Gasteiger partial charge >= 0.3 is 0 Å². The average Bonchev–Trinajstić information content (AvgIpc) is 2.74. The van der Waals surface area contributed by atoms with Crippen LogP contribution in [0.25, 0.3) is 0 Å². The number of carbonyl (C=O) groups excluding carboxylic acids is 1. The fourth-order valence-electron chi connectivity index (χ4n) is 3.05. The number of nitrogens with one attached hydrogen (secondary N) is 2. The summed E-state index contributed by atoms with van der Waals surface area (Å²) < 4.78 is 10.5. The van der Waals surface area contributed by atoms with Gasteiger partial charge < -0.3 is 20.1 Å². The first-order chi connectivity index (χ1) is 14.0. The Morgan fingerprint density at radius 3 is 2.38 bits per heavy atom. The maximum Gasteiger partial charge on any atom is 0.270 e. The Balaban J connectivity index is 1.70. The zero-order valence-corrected chi connectivity index (χ0v) is 17.1. The van der Waals surface area contributed by atoms with Crippen molar-refractivity contribution < 1.29 is 14.3 Å². The number of rotatable bonds is 7. The number of carbonyl (C=O) groups is 1. The zero-order chi connectivity index (χ0) is 20.8. The molecule has 0 aliphatic heterocycles. The Morgan fingerprint density at radius 1 is 0.966 bits per heavy atom. The smallest absolute Gasteiger partial charge is 0.270 e. The molecule has 3 rings (SSSR count). The molecule has 0 spiro atoms. The number of para-hydroxylation sites is 1. The number of amides is 1. The van der Waals surface area contributed by atoms with Gasteiger partial charge in [-0.15, -0.1) is 0 Å². The van der Waals surface area contributed by atoms with E-state index in [2.05, 4.69) is 15.6 Å². The van der Waals surface area contributed by atoms with E-state index in [0.717, 1.165) is 28.1 Å². The van der Waals surface area contributed by atoms with Gasteiger partial charge in [0.1, 0.15) is 5.69 Å². The van der Waals surface area contributed by atoms with Crippen LogP contribution in [0.3, 0.4) is 0 Å². The van der Waals surface area contributed by atoms with Gasteiger partial charge in [0.2, 0.25) is 0 Å². The summed E-state index contributed by atoms with van der Waals surface area (Å²) in [6, 6.07) is 15.2. The van der Waals surface area contributed by atoms with Crippen LogP contribution in [0.5, 0.6) is 11.5 Å². The molecule has 0 atom stereocenters. The SMILES string of the molecule is COc1ccc(CNC(=O)c2cc(Nc3c(C)cccc3C)ccn2)cc1OC. The summed E-state index contributed by atoms with van der Waals surface area (Å²) in [5, 5.41) is 6.28. The molecule has 0 saturated carbocycles. The zero-order valence-electron chi connectivity index (χ0n) is 17.1. The lowest BCUT2D eigenvalue weighted by Gasteiger charge is -2.13. The molecule has 1 amide bonds. The summed E-state index contributed by atoms with van der Waals surface area (Å²) in [5.41, 5.74) is 5.38. The van der Waals surface area contributed by atoms with Crippen molar-refractivity contribution in [1.29, 1.82) is 0 Å². The fraction of sp³-hybridized carbons (Fsp3) is 0.217. The molecule has 0 aliphatic rings. The lowest BCUT2D eigenvalue weighted by molar-refractivity contribution is 0.0946. The van der Waals surface area contributed by atoms with E-state index in [0.29, 0.717) is 23.7 Å². The molecule has 0 bridgehead atoms. The summed E-state index contributed by atoms with van der Waals surface area (Å²) in [6.07, 6.45) is 1.63. The average molecular weight is 391 g/mol. The molecule has 0 saturated heterocycles. The van der Waals surface area contributed by atoms with E-state index in [-0.39, 0.29) is 5.91 Å². The highest BCUT2D eigenvalue weighted by Gasteiger charge is 2.10. The van der Waals surface area contributed by atoms with Crippen molar-refractivity contribution in [2.75, 3.05) is 19.5 Å². The largest absolute Gasteiger partial charge is 0.493 e. The highest BCUT2D eigenvalue weighted by atomic mass is 16.5. The molecule has 6 nitrogen and oxygen atoms in total. The van der Waals surface area contributed by atoms with Gasteiger partial charge in [0.25, 0.3) is 5.91 Å². The lowest BCUT2D eigenvalue weighted by Crippen LogP contribution is -2.23. The normalized spacial score (nSPS) is 10.3. The highest BCUT2D eigenvalue weighted by molar-refractivity contribution is 5.93. The van der Waals surface area contributed by atoms with Crippen LogP contribution in [0.1, 0.15) is 27.2 Å². The van der Waals surface area contributed by atoms with Gasteiger partial charge in [-0.1, -0.05) is 24.3 Å². The summed E-state index contributed by atoms with van der Waals surface area (Å²) in [7, 11) is 3.17. The Kier molecular flexibility index (Phi) is 6.34. The molecule has 6 heteroatoms. The second kappa shape index (κ2) is 9.10. The van der Waals surface area contributed by atoms with E-state index in [1.165, 1.54) is 0 Å². The monoisotopic (exact) mass is 391 g/mol. The van der Waals surface area contributed by atoms with Crippen LogP contribution in [0, 0.1) is 13.8 Å². The third kappa shape index (κ3) is 4.85. The van der Waals surface area contributed by atoms with Gasteiger partial charge in [-0.2, -0.15) is 0 Å². The third-order valence-corrected chi connectivity index (χ3v) is 4.64. The summed E-state index contributed by atoms with van der Waals surface area (Å²) in [5.74, 6) is 1.02. The van der Waals surface area contributed by atoms with Crippen molar-refractivity contribution >= 4 is 17.3 Å². The van der Waals surface area contributed by atoms with Crippen molar-refractivity contribution in [3.63, 3.8) is 0 Å². The Bertz CT molecular complexity index is 998. The molecular formula is C23H25N3O3. The third-order valence-electron chi connectivity index (χ3n) is 4.64. The van der Waals surface area contributed by atoms with E-state index in [1.54, 1.807) is 26.5 Å². The molecule has 2 aromatic carbocycles. The summed E-state index contributed by atoms with van der Waals surface area (Å²) >= 11 is 0. The number of hydrogen-bond donors (Lipinski definition) is 2. The second-order valence-corrected chi connectivity index (χ2v) is 6.69. The summed E-state index contributed by atoms with van der Waals surface area (Å²) in [4.78, 5) is 16.8. The quantitative estimate of drug-likeness (QED) is 0.625. The minimum absolute atomic E-state index is 0.245. The molecule has 1 aromatic heterocycles. The first-order valence-corrected chi connectivity index (χ1v) is 9.30. The van der Waals surface area contributed by atoms with Gasteiger partial charge in [-0.05, 0) is 54.8 Å². The van der Waals surface area contributed by atoms with Crippen molar-refractivity contribution in [2.24, 2.45) is 0 Å². The van der Waals surface area contributed by atoms with Crippen LogP contribution in [0.2, 0.25) is 0 Å². The molecule has 29 heavy (non-hydrogen) atoms. The van der Waals surface area contributed by atoms with Crippen LogP contribution in [-0.4, -0.2) is 25.1 Å². The standard InChI is InChI=1S/C23H25N3O3/c1-15-6-5-7-16(2)22(15)26-18-10-11-24-19(13-18)23(27)25-14-17-8-9-20(28-3)21(12-17)29-4/h5-13H,14H2,1-4H3,(H,24,26)(H,25,27). The number of ether oxygens (including phenoxy) is 2. The number of pyridine rings is 1. The van der Waals surface area contributed by atoms with Gasteiger partial charge in [0.15, 0.2) is 11.5 Å². The van der Waals surface area contributed by atoms with Crippen LogP contribution in [0.4, 0.5) is 11.4 Å². The second-order valence-electron chi connectivity index (χ2n) is 6.69. The van der Waals surface area contributed by atoms with Crippen LogP contribution < -0.4 is 20.1 Å². The van der Waals surface area contributed by atoms with E-state index in [4.69, 9.17) is 9.47 Å². The topological polar surface area (TPSA) is 72.5 Å². The molecule has 0 radical (unpaired) electrons. The number of benzene rings is 2. The first-order valence-electron chi connectivity index (χ1n) is 9.30. The Labute approximate surface area is 170 Å². The Morgan fingerprint density at radius 2 is 1.69 bits per heavy atom.